The van der Waals surface area contributed by atoms with E-state index in [-0.39, 0.29) is 23.5 Å². The molecule has 0 amide bonds. The summed E-state index contributed by atoms with van der Waals surface area (Å²) in [6.07, 6.45) is 4.58. The van der Waals surface area contributed by atoms with Crippen LogP contribution in [0.25, 0.3) is 0 Å². The highest BCUT2D eigenvalue weighted by Gasteiger charge is 2.26. The number of nitrogens with one attached hydrogen (secondary N) is 2. The third-order valence-electron chi connectivity index (χ3n) is 5.22. The van der Waals surface area contributed by atoms with Crippen LogP contribution in [0.5, 0.6) is 0 Å². The zero-order valence-corrected chi connectivity index (χ0v) is 18.1. The fraction of sp³-hybridized carbons (Fsp3) is 0.737. The Morgan fingerprint density at radius 3 is 2.68 bits per heavy atom. The first-order valence-electron chi connectivity index (χ1n) is 9.95. The summed E-state index contributed by atoms with van der Waals surface area (Å²) < 4.78 is 6.60. The van der Waals surface area contributed by atoms with Crippen molar-refractivity contribution < 1.29 is 4.74 Å². The van der Waals surface area contributed by atoms with E-state index in [1.165, 1.54) is 11.0 Å². The van der Waals surface area contributed by atoms with Crippen LogP contribution in [0, 0.1) is 11.8 Å². The molecular weight excluding hydrogens is 378 g/mol. The highest BCUT2D eigenvalue weighted by atomic mass is 32.1. The quantitative estimate of drug-likeness (QED) is 0.586. The SMILES string of the molecule is COCCN(C(=S)N[C@@H]1CCCC[C@@H]1C)c1c(N)n(CC(C)C)c(=O)[nH]c1=O. The Kier molecular flexibility index (Phi) is 8.06. The molecule has 0 spiro atoms. The predicted molar refractivity (Wildman–Crippen MR) is 117 cm³/mol. The minimum Gasteiger partial charge on any atom is -0.383 e. The van der Waals surface area contributed by atoms with Gasteiger partial charge < -0.3 is 20.7 Å². The fourth-order valence-electron chi connectivity index (χ4n) is 3.65. The fourth-order valence-corrected chi connectivity index (χ4v) is 3.98. The van der Waals surface area contributed by atoms with E-state index in [4.69, 9.17) is 22.7 Å². The first-order valence-corrected chi connectivity index (χ1v) is 10.4. The number of rotatable bonds is 7. The summed E-state index contributed by atoms with van der Waals surface area (Å²) in [5.74, 6) is 0.820. The summed E-state index contributed by atoms with van der Waals surface area (Å²) in [5, 5.41) is 3.84. The van der Waals surface area contributed by atoms with E-state index in [1.807, 2.05) is 13.8 Å². The summed E-state index contributed by atoms with van der Waals surface area (Å²) >= 11 is 5.65. The molecule has 2 atom stereocenters. The summed E-state index contributed by atoms with van der Waals surface area (Å²) in [6, 6.07) is 0.258. The van der Waals surface area contributed by atoms with Crippen LogP contribution in [0.3, 0.4) is 0 Å². The second-order valence-corrected chi connectivity index (χ2v) is 8.35. The van der Waals surface area contributed by atoms with Gasteiger partial charge in [-0.15, -0.1) is 0 Å². The second kappa shape index (κ2) is 10.1. The average molecular weight is 412 g/mol. The molecular formula is C19H33N5O3S. The summed E-state index contributed by atoms with van der Waals surface area (Å²) in [6.45, 7) is 7.31. The molecule has 1 heterocycles. The summed E-state index contributed by atoms with van der Waals surface area (Å²) in [4.78, 5) is 28.9. The maximum atomic E-state index is 12.6. The van der Waals surface area contributed by atoms with Crippen LogP contribution in [0.1, 0.15) is 46.5 Å². The van der Waals surface area contributed by atoms with Crippen molar-refractivity contribution in [1.82, 2.24) is 14.9 Å². The zero-order chi connectivity index (χ0) is 20.8. The third kappa shape index (κ3) is 5.35. The van der Waals surface area contributed by atoms with E-state index in [0.29, 0.717) is 30.7 Å². The number of nitrogens with two attached hydrogens (primary N) is 1. The van der Waals surface area contributed by atoms with Crippen molar-refractivity contribution in [3.63, 3.8) is 0 Å². The molecule has 0 aliphatic heterocycles. The molecule has 1 aliphatic carbocycles. The Balaban J connectivity index is 2.40. The van der Waals surface area contributed by atoms with E-state index in [0.717, 1.165) is 19.3 Å². The third-order valence-corrected chi connectivity index (χ3v) is 5.55. The summed E-state index contributed by atoms with van der Waals surface area (Å²) in [7, 11) is 1.59. The standard InChI is InChI=1S/C19H33N5O3S/c1-12(2)11-24-16(20)15(17(25)22-18(24)26)23(9-10-27-4)19(28)21-14-8-6-5-7-13(14)3/h12-14H,5-11,20H2,1-4H3,(H,21,28)(H,22,25,26)/t13-,14+/m0/s1. The number of thiocarbonyl (C=S) groups is 1. The molecule has 0 unspecified atom stereocenters. The molecule has 8 nitrogen and oxygen atoms in total. The van der Waals surface area contributed by atoms with Gasteiger partial charge in [-0.25, -0.2) is 4.79 Å². The van der Waals surface area contributed by atoms with Gasteiger partial charge in [0.1, 0.15) is 5.82 Å². The van der Waals surface area contributed by atoms with Gasteiger partial charge in [-0.3, -0.25) is 14.3 Å². The predicted octanol–water partition coefficient (Wildman–Crippen LogP) is 1.68. The molecule has 0 bridgehead atoms. The number of aromatic amines is 1. The Bertz CT molecular complexity index is 789. The number of methoxy groups -OCH3 is 1. The van der Waals surface area contributed by atoms with Crippen LogP contribution in [0.15, 0.2) is 9.59 Å². The summed E-state index contributed by atoms with van der Waals surface area (Å²) in [5.41, 5.74) is 5.42. The molecule has 9 heteroatoms. The van der Waals surface area contributed by atoms with Gasteiger partial charge in [-0.05, 0) is 36.9 Å². The van der Waals surface area contributed by atoms with Crippen molar-refractivity contribution in [2.75, 3.05) is 30.9 Å². The van der Waals surface area contributed by atoms with Gasteiger partial charge in [0.25, 0.3) is 5.56 Å². The lowest BCUT2D eigenvalue weighted by molar-refractivity contribution is 0.207. The smallest absolute Gasteiger partial charge is 0.330 e. The van der Waals surface area contributed by atoms with Crippen LogP contribution in [-0.4, -0.2) is 41.0 Å². The van der Waals surface area contributed by atoms with E-state index in [1.54, 1.807) is 12.0 Å². The Labute approximate surface area is 171 Å². The largest absolute Gasteiger partial charge is 0.383 e. The van der Waals surface area contributed by atoms with E-state index >= 15 is 0 Å². The van der Waals surface area contributed by atoms with Crippen LogP contribution in [0.4, 0.5) is 11.5 Å². The minimum atomic E-state index is -0.542. The number of nitrogens with zero attached hydrogens (tertiary/aromatic N) is 2. The molecule has 0 saturated heterocycles. The Morgan fingerprint density at radius 1 is 1.39 bits per heavy atom. The van der Waals surface area contributed by atoms with E-state index in [2.05, 4.69) is 17.2 Å². The number of hydrogen-bond donors (Lipinski definition) is 3. The number of H-pyrrole nitrogens is 1. The first kappa shape index (κ1) is 22.4. The number of nitrogen functional groups attached to an aromatic ring is 1. The maximum absolute atomic E-state index is 12.6. The van der Waals surface area contributed by atoms with Gasteiger partial charge >= 0.3 is 5.69 Å². The van der Waals surface area contributed by atoms with Crippen molar-refractivity contribution in [2.45, 2.75) is 59.0 Å². The molecule has 158 valence electrons. The van der Waals surface area contributed by atoms with Crippen molar-refractivity contribution in [3.05, 3.63) is 20.8 Å². The van der Waals surface area contributed by atoms with Crippen LogP contribution in [-0.2, 0) is 11.3 Å². The van der Waals surface area contributed by atoms with Crippen molar-refractivity contribution in [1.29, 1.82) is 0 Å². The van der Waals surface area contributed by atoms with Crippen molar-refractivity contribution in [2.24, 2.45) is 11.8 Å². The topological polar surface area (TPSA) is 105 Å². The van der Waals surface area contributed by atoms with Gasteiger partial charge in [-0.2, -0.15) is 0 Å². The van der Waals surface area contributed by atoms with Crippen LogP contribution in [0.2, 0.25) is 0 Å². The van der Waals surface area contributed by atoms with E-state index < -0.39 is 11.2 Å². The number of ether oxygens (including phenoxy) is 1. The first-order chi connectivity index (χ1) is 13.3. The van der Waals surface area contributed by atoms with Crippen LogP contribution >= 0.6 is 12.2 Å². The average Bonchev–Trinajstić information content (AvgIpc) is 2.63. The lowest BCUT2D eigenvalue weighted by Crippen LogP contribution is -2.51. The molecule has 1 aromatic rings. The molecule has 4 N–H and O–H groups in total. The second-order valence-electron chi connectivity index (χ2n) is 7.96. The molecule has 1 saturated carbocycles. The zero-order valence-electron chi connectivity index (χ0n) is 17.3. The van der Waals surface area contributed by atoms with Crippen molar-refractivity contribution in [3.8, 4) is 0 Å². The highest BCUT2D eigenvalue weighted by Crippen LogP contribution is 2.25. The maximum Gasteiger partial charge on any atom is 0.330 e. The number of aromatic nitrogens is 2. The lowest BCUT2D eigenvalue weighted by Gasteiger charge is -2.34. The number of anilines is 2. The van der Waals surface area contributed by atoms with Gasteiger partial charge in [0.05, 0.1) is 6.61 Å². The normalized spacial score (nSPS) is 19.6. The van der Waals surface area contributed by atoms with E-state index in [9.17, 15) is 9.59 Å². The lowest BCUT2D eigenvalue weighted by atomic mass is 9.86. The molecule has 1 aromatic heterocycles. The van der Waals surface area contributed by atoms with Gasteiger partial charge in [0.2, 0.25) is 0 Å². The van der Waals surface area contributed by atoms with Crippen LogP contribution < -0.4 is 27.2 Å². The van der Waals surface area contributed by atoms with Gasteiger partial charge in [0.15, 0.2) is 10.8 Å². The molecule has 0 radical (unpaired) electrons. The minimum absolute atomic E-state index is 0.124. The van der Waals surface area contributed by atoms with Gasteiger partial charge in [-0.1, -0.05) is 33.6 Å². The van der Waals surface area contributed by atoms with Gasteiger partial charge in [0, 0.05) is 26.2 Å². The number of hydrogen-bond acceptors (Lipinski definition) is 5. The molecule has 2 rings (SSSR count). The van der Waals surface area contributed by atoms with Crippen molar-refractivity contribution >= 4 is 28.8 Å². The Hall–Kier alpha value is -1.87. The Morgan fingerprint density at radius 2 is 2.07 bits per heavy atom. The molecule has 0 aromatic carbocycles. The highest BCUT2D eigenvalue weighted by molar-refractivity contribution is 7.80. The molecule has 1 fully saturated rings. The molecule has 1 aliphatic rings. The monoisotopic (exact) mass is 411 g/mol. The molecule has 28 heavy (non-hydrogen) atoms.